The summed E-state index contributed by atoms with van der Waals surface area (Å²) in [5.41, 5.74) is 3.17. The summed E-state index contributed by atoms with van der Waals surface area (Å²) in [4.78, 5) is 17.7. The average Bonchev–Trinajstić information content (AvgIpc) is 3.12. The quantitative estimate of drug-likeness (QED) is 0.596. The highest BCUT2D eigenvalue weighted by atomic mass is 35.5. The largest absolute Gasteiger partial charge is 0.328 e. The van der Waals surface area contributed by atoms with Gasteiger partial charge in [0, 0.05) is 34.6 Å². The van der Waals surface area contributed by atoms with Crippen molar-refractivity contribution in [3.8, 4) is 11.4 Å². The first-order valence-corrected chi connectivity index (χ1v) is 10.4. The number of carbonyl (C=O) groups excluding carboxylic acids is 1. The Bertz CT molecular complexity index is 952. The molecule has 0 radical (unpaired) electrons. The summed E-state index contributed by atoms with van der Waals surface area (Å²) in [6.07, 6.45) is 5.52. The fraction of sp³-hybridized carbons (Fsp3) is 0.238. The molecule has 0 bridgehead atoms. The van der Waals surface area contributed by atoms with Gasteiger partial charge in [0.1, 0.15) is 5.82 Å². The number of nitrogens with one attached hydrogen (secondary N) is 1. The normalized spacial score (nSPS) is 13.2. The van der Waals surface area contributed by atoms with Crippen LogP contribution in [0.15, 0.2) is 59.6 Å². The molecule has 0 fully saturated rings. The SMILES string of the molecule is O=C(CSc1ccccc1Cl)Nc1ccc(-c2ncc3n2CCCC3)cc1. The second kappa shape index (κ2) is 8.19. The summed E-state index contributed by atoms with van der Waals surface area (Å²) >= 11 is 7.56. The van der Waals surface area contributed by atoms with Crippen LogP contribution in [0.3, 0.4) is 0 Å². The van der Waals surface area contributed by atoms with Crippen LogP contribution in [0.4, 0.5) is 5.69 Å². The summed E-state index contributed by atoms with van der Waals surface area (Å²) in [5, 5.41) is 3.61. The third-order valence-corrected chi connectivity index (χ3v) is 6.14. The number of anilines is 1. The Morgan fingerprint density at radius 2 is 1.96 bits per heavy atom. The second-order valence-corrected chi connectivity index (χ2v) is 7.95. The average molecular weight is 398 g/mol. The minimum absolute atomic E-state index is 0.0501. The van der Waals surface area contributed by atoms with Gasteiger partial charge in [-0.2, -0.15) is 0 Å². The molecule has 2 aromatic carbocycles. The summed E-state index contributed by atoms with van der Waals surface area (Å²) in [5.74, 6) is 1.28. The third-order valence-electron chi connectivity index (χ3n) is 4.63. The first-order valence-electron chi connectivity index (χ1n) is 9.03. The monoisotopic (exact) mass is 397 g/mol. The number of rotatable bonds is 5. The maximum absolute atomic E-state index is 12.2. The van der Waals surface area contributed by atoms with Gasteiger partial charge in [0.25, 0.3) is 0 Å². The molecule has 0 saturated heterocycles. The smallest absolute Gasteiger partial charge is 0.234 e. The molecule has 4 rings (SSSR count). The molecule has 6 heteroatoms. The van der Waals surface area contributed by atoms with Crippen LogP contribution < -0.4 is 5.32 Å². The molecule has 1 amide bonds. The van der Waals surface area contributed by atoms with E-state index in [9.17, 15) is 4.79 Å². The first kappa shape index (κ1) is 18.1. The van der Waals surface area contributed by atoms with Gasteiger partial charge in [0.15, 0.2) is 0 Å². The molecule has 0 atom stereocenters. The number of aromatic nitrogens is 2. The third kappa shape index (κ3) is 4.20. The Hall–Kier alpha value is -2.24. The Kier molecular flexibility index (Phi) is 5.50. The van der Waals surface area contributed by atoms with E-state index >= 15 is 0 Å². The van der Waals surface area contributed by atoms with E-state index in [-0.39, 0.29) is 5.91 Å². The van der Waals surface area contributed by atoms with Crippen molar-refractivity contribution in [1.82, 2.24) is 9.55 Å². The highest BCUT2D eigenvalue weighted by Gasteiger charge is 2.15. The van der Waals surface area contributed by atoms with Crippen LogP contribution in [0.5, 0.6) is 0 Å². The van der Waals surface area contributed by atoms with Gasteiger partial charge in [-0.3, -0.25) is 4.79 Å². The van der Waals surface area contributed by atoms with E-state index in [1.54, 1.807) is 0 Å². The lowest BCUT2D eigenvalue weighted by Crippen LogP contribution is -2.14. The highest BCUT2D eigenvalue weighted by molar-refractivity contribution is 8.00. The number of thioether (sulfide) groups is 1. The van der Waals surface area contributed by atoms with Gasteiger partial charge in [0.2, 0.25) is 5.91 Å². The van der Waals surface area contributed by atoms with E-state index in [1.165, 1.54) is 30.3 Å². The van der Waals surface area contributed by atoms with Gasteiger partial charge in [-0.15, -0.1) is 11.8 Å². The minimum atomic E-state index is -0.0501. The minimum Gasteiger partial charge on any atom is -0.328 e. The molecule has 0 saturated carbocycles. The molecule has 4 nitrogen and oxygen atoms in total. The second-order valence-electron chi connectivity index (χ2n) is 6.53. The van der Waals surface area contributed by atoms with Gasteiger partial charge < -0.3 is 9.88 Å². The molecule has 138 valence electrons. The lowest BCUT2D eigenvalue weighted by atomic mass is 10.1. The van der Waals surface area contributed by atoms with Crippen LogP contribution in [0.2, 0.25) is 5.02 Å². The molecule has 0 spiro atoms. The number of nitrogens with zero attached hydrogens (tertiary/aromatic N) is 2. The van der Waals surface area contributed by atoms with Crippen LogP contribution in [0.25, 0.3) is 11.4 Å². The van der Waals surface area contributed by atoms with Crippen molar-refractivity contribution < 1.29 is 4.79 Å². The number of hydrogen-bond acceptors (Lipinski definition) is 3. The van der Waals surface area contributed by atoms with Crippen molar-refractivity contribution in [2.24, 2.45) is 0 Å². The Balaban J connectivity index is 1.38. The number of amides is 1. The molecule has 1 aliphatic rings. The topological polar surface area (TPSA) is 46.9 Å². The van der Waals surface area contributed by atoms with Crippen LogP contribution in [0, 0.1) is 0 Å². The van der Waals surface area contributed by atoms with E-state index in [1.807, 2.05) is 54.7 Å². The maximum atomic E-state index is 12.2. The number of aryl methyl sites for hydroxylation is 1. The van der Waals surface area contributed by atoms with Crippen molar-refractivity contribution >= 4 is 35.0 Å². The van der Waals surface area contributed by atoms with E-state index in [2.05, 4.69) is 14.9 Å². The summed E-state index contributed by atoms with van der Waals surface area (Å²) in [6.45, 7) is 1.03. The zero-order valence-electron chi connectivity index (χ0n) is 14.8. The predicted molar refractivity (Wildman–Crippen MR) is 111 cm³/mol. The van der Waals surface area contributed by atoms with Gasteiger partial charge in [-0.1, -0.05) is 23.7 Å². The molecule has 0 unspecified atom stereocenters. The fourth-order valence-electron chi connectivity index (χ4n) is 3.27. The van der Waals surface area contributed by atoms with Crippen LogP contribution in [-0.4, -0.2) is 21.2 Å². The summed E-state index contributed by atoms with van der Waals surface area (Å²) < 4.78 is 2.30. The van der Waals surface area contributed by atoms with Gasteiger partial charge in [-0.25, -0.2) is 4.98 Å². The number of halogens is 1. The molecular formula is C21H20ClN3OS. The van der Waals surface area contributed by atoms with E-state index in [0.717, 1.165) is 34.9 Å². The molecular weight excluding hydrogens is 378 g/mol. The van der Waals surface area contributed by atoms with E-state index in [0.29, 0.717) is 10.8 Å². The number of benzene rings is 2. The van der Waals surface area contributed by atoms with E-state index in [4.69, 9.17) is 11.6 Å². The number of hydrogen-bond donors (Lipinski definition) is 1. The fourth-order valence-corrected chi connectivity index (χ4v) is 4.31. The zero-order chi connectivity index (χ0) is 18.6. The lowest BCUT2D eigenvalue weighted by Gasteiger charge is -2.16. The van der Waals surface area contributed by atoms with Crippen molar-refractivity contribution in [2.45, 2.75) is 30.7 Å². The van der Waals surface area contributed by atoms with Gasteiger partial charge in [0.05, 0.1) is 10.8 Å². The van der Waals surface area contributed by atoms with Gasteiger partial charge >= 0.3 is 0 Å². The number of carbonyl (C=O) groups is 1. The number of imidazole rings is 1. The van der Waals surface area contributed by atoms with Crippen LogP contribution in [0.1, 0.15) is 18.5 Å². The zero-order valence-corrected chi connectivity index (χ0v) is 16.4. The predicted octanol–water partition coefficient (Wildman–Crippen LogP) is 5.27. The Morgan fingerprint density at radius 1 is 1.15 bits per heavy atom. The molecule has 1 aromatic heterocycles. The summed E-state index contributed by atoms with van der Waals surface area (Å²) in [6, 6.07) is 15.4. The number of fused-ring (bicyclic) bond motifs is 1. The van der Waals surface area contributed by atoms with Gasteiger partial charge in [-0.05, 0) is 55.7 Å². The maximum Gasteiger partial charge on any atom is 0.234 e. The molecule has 3 aromatic rings. The Morgan fingerprint density at radius 3 is 2.78 bits per heavy atom. The molecule has 2 heterocycles. The first-order chi connectivity index (χ1) is 13.2. The van der Waals surface area contributed by atoms with Crippen molar-refractivity contribution in [3.05, 3.63) is 65.4 Å². The van der Waals surface area contributed by atoms with Crippen molar-refractivity contribution in [2.75, 3.05) is 11.1 Å². The molecule has 27 heavy (non-hydrogen) atoms. The molecule has 1 N–H and O–H groups in total. The molecule has 0 aliphatic carbocycles. The standard InChI is InChI=1S/C21H20ClN3OS/c22-18-6-1-2-7-19(18)27-14-20(26)24-16-10-8-15(9-11-16)21-23-13-17-5-3-4-12-25(17)21/h1-2,6-11,13H,3-5,12,14H2,(H,24,26). The highest BCUT2D eigenvalue weighted by Crippen LogP contribution is 2.27. The van der Waals surface area contributed by atoms with E-state index < -0.39 is 0 Å². The molecule has 1 aliphatic heterocycles. The summed E-state index contributed by atoms with van der Waals surface area (Å²) in [7, 11) is 0. The van der Waals surface area contributed by atoms with Crippen LogP contribution >= 0.6 is 23.4 Å². The van der Waals surface area contributed by atoms with Crippen molar-refractivity contribution in [3.63, 3.8) is 0 Å². The Labute approximate surface area is 168 Å². The van der Waals surface area contributed by atoms with Crippen LogP contribution in [-0.2, 0) is 17.8 Å². The lowest BCUT2D eigenvalue weighted by molar-refractivity contribution is -0.113. The van der Waals surface area contributed by atoms with Crippen molar-refractivity contribution in [1.29, 1.82) is 0 Å².